The van der Waals surface area contributed by atoms with E-state index in [0.29, 0.717) is 0 Å². The first kappa shape index (κ1) is 8.21. The van der Waals surface area contributed by atoms with E-state index in [9.17, 15) is 8.76 Å². The number of hydrogen-bond donors (Lipinski definition) is 0. The van der Waals surface area contributed by atoms with Crippen molar-refractivity contribution in [3.8, 4) is 0 Å². The summed E-state index contributed by atoms with van der Waals surface area (Å²) >= 11 is -1.82. The molecule has 0 saturated heterocycles. The van der Waals surface area contributed by atoms with Crippen LogP contribution in [0.1, 0.15) is 32.6 Å². The van der Waals surface area contributed by atoms with Crippen LogP contribution in [0.25, 0.3) is 0 Å². The van der Waals surface area contributed by atoms with E-state index in [1.54, 1.807) is 0 Å². The summed E-state index contributed by atoms with van der Waals surface area (Å²) in [5.41, 5.74) is 0. The predicted molar refractivity (Wildman–Crippen MR) is 40.3 cm³/mol. The van der Waals surface area contributed by atoms with E-state index in [1.165, 1.54) is 0 Å². The molecule has 0 aliphatic heterocycles. The molecule has 0 N–H and O–H groups in total. The monoisotopic (exact) mass is 161 g/mol. The SMILES string of the molecule is CC1CCC(S(=O)[O-])CC1. The van der Waals surface area contributed by atoms with E-state index >= 15 is 0 Å². The highest BCUT2D eigenvalue weighted by Gasteiger charge is 2.17. The maximum Gasteiger partial charge on any atom is 0.0216 e. The minimum Gasteiger partial charge on any atom is -0.772 e. The maximum atomic E-state index is 10.5. The molecule has 1 aliphatic carbocycles. The van der Waals surface area contributed by atoms with Crippen molar-refractivity contribution >= 4 is 11.1 Å². The first-order valence-electron chi connectivity index (χ1n) is 3.78. The van der Waals surface area contributed by atoms with Gasteiger partial charge in [0.05, 0.1) is 0 Å². The molecule has 2 nitrogen and oxygen atoms in total. The maximum absolute atomic E-state index is 10.5. The molecule has 0 heterocycles. The molecule has 1 atom stereocenters. The second-order valence-electron chi connectivity index (χ2n) is 3.14. The average Bonchev–Trinajstić information content (AvgIpc) is 1.88. The lowest BCUT2D eigenvalue weighted by Crippen LogP contribution is -2.21. The molecular weight excluding hydrogens is 148 g/mol. The third kappa shape index (κ3) is 2.06. The van der Waals surface area contributed by atoms with Crippen molar-refractivity contribution in [2.45, 2.75) is 37.9 Å². The van der Waals surface area contributed by atoms with Crippen LogP contribution in [0.4, 0.5) is 0 Å². The lowest BCUT2D eigenvalue weighted by Gasteiger charge is -2.27. The van der Waals surface area contributed by atoms with Crippen LogP contribution in [-0.2, 0) is 11.1 Å². The van der Waals surface area contributed by atoms with Crippen molar-refractivity contribution in [2.75, 3.05) is 0 Å². The second-order valence-corrected chi connectivity index (χ2v) is 4.33. The summed E-state index contributed by atoms with van der Waals surface area (Å²) in [6, 6.07) is 0. The van der Waals surface area contributed by atoms with Crippen molar-refractivity contribution in [1.82, 2.24) is 0 Å². The molecule has 1 aliphatic rings. The first-order chi connectivity index (χ1) is 4.70. The molecule has 1 unspecified atom stereocenters. The van der Waals surface area contributed by atoms with Gasteiger partial charge in [0.1, 0.15) is 0 Å². The van der Waals surface area contributed by atoms with E-state index in [4.69, 9.17) is 0 Å². The summed E-state index contributed by atoms with van der Waals surface area (Å²) < 4.78 is 20.9. The Morgan fingerprint density at radius 3 is 2.20 bits per heavy atom. The molecule has 1 fully saturated rings. The zero-order chi connectivity index (χ0) is 7.56. The molecule has 0 aromatic carbocycles. The smallest absolute Gasteiger partial charge is 0.0216 e. The van der Waals surface area contributed by atoms with E-state index in [0.717, 1.165) is 31.6 Å². The predicted octanol–water partition coefficient (Wildman–Crippen LogP) is 1.44. The van der Waals surface area contributed by atoms with Crippen LogP contribution < -0.4 is 0 Å². The van der Waals surface area contributed by atoms with E-state index in [2.05, 4.69) is 6.92 Å². The van der Waals surface area contributed by atoms with Gasteiger partial charge < -0.3 is 4.55 Å². The fraction of sp³-hybridized carbons (Fsp3) is 1.00. The van der Waals surface area contributed by atoms with Gasteiger partial charge in [-0.15, -0.1) is 0 Å². The van der Waals surface area contributed by atoms with E-state index < -0.39 is 11.1 Å². The summed E-state index contributed by atoms with van der Waals surface area (Å²) in [5, 5.41) is -0.0452. The Kier molecular flexibility index (Phi) is 2.86. The Balaban J connectivity index is 2.33. The van der Waals surface area contributed by atoms with Crippen molar-refractivity contribution in [2.24, 2.45) is 5.92 Å². The molecule has 1 rings (SSSR count). The molecular formula is C7H13O2S-. The lowest BCUT2D eigenvalue weighted by atomic mass is 9.91. The van der Waals surface area contributed by atoms with Crippen LogP contribution in [0.5, 0.6) is 0 Å². The van der Waals surface area contributed by atoms with Gasteiger partial charge >= 0.3 is 0 Å². The van der Waals surface area contributed by atoms with Crippen molar-refractivity contribution in [3.05, 3.63) is 0 Å². The summed E-state index contributed by atoms with van der Waals surface area (Å²) in [5.74, 6) is 0.736. The Hall–Kier alpha value is 0.110. The summed E-state index contributed by atoms with van der Waals surface area (Å²) in [6.07, 6.45) is 3.91. The molecule has 0 aromatic heterocycles. The van der Waals surface area contributed by atoms with Crippen LogP contribution in [0.2, 0.25) is 0 Å². The standard InChI is InChI=1S/C7H14O2S/c1-6-2-4-7(5-3-6)10(8)9/h6-7H,2-5H2,1H3,(H,8,9)/p-1. The Morgan fingerprint density at radius 1 is 1.30 bits per heavy atom. The normalized spacial score (nSPS) is 37.4. The van der Waals surface area contributed by atoms with Gasteiger partial charge in [-0.2, -0.15) is 0 Å². The highest BCUT2D eigenvalue weighted by atomic mass is 32.2. The second kappa shape index (κ2) is 3.49. The quantitative estimate of drug-likeness (QED) is 0.546. The van der Waals surface area contributed by atoms with E-state index in [1.807, 2.05) is 0 Å². The minimum absolute atomic E-state index is 0.0452. The molecule has 3 heteroatoms. The van der Waals surface area contributed by atoms with Crippen LogP contribution in [0.3, 0.4) is 0 Å². The first-order valence-corrected chi connectivity index (χ1v) is 4.92. The van der Waals surface area contributed by atoms with Gasteiger partial charge in [0.25, 0.3) is 0 Å². The van der Waals surface area contributed by atoms with Crippen LogP contribution in [0.15, 0.2) is 0 Å². The van der Waals surface area contributed by atoms with Gasteiger partial charge in [-0.1, -0.05) is 18.0 Å². The molecule has 0 aromatic rings. The molecule has 60 valence electrons. The Morgan fingerprint density at radius 2 is 1.80 bits per heavy atom. The summed E-state index contributed by atoms with van der Waals surface area (Å²) in [4.78, 5) is 0. The Labute approximate surface area is 64.3 Å². The molecule has 0 spiro atoms. The number of hydrogen-bond acceptors (Lipinski definition) is 2. The van der Waals surface area contributed by atoms with Gasteiger partial charge in [-0.3, -0.25) is 4.21 Å². The third-order valence-corrected chi connectivity index (χ3v) is 3.25. The molecule has 0 radical (unpaired) electrons. The summed E-state index contributed by atoms with van der Waals surface area (Å²) in [6.45, 7) is 2.18. The van der Waals surface area contributed by atoms with Crippen molar-refractivity contribution < 1.29 is 8.76 Å². The van der Waals surface area contributed by atoms with Crippen LogP contribution >= 0.6 is 0 Å². The van der Waals surface area contributed by atoms with Gasteiger partial charge in [0, 0.05) is 5.25 Å². The zero-order valence-corrected chi connectivity index (χ0v) is 7.02. The van der Waals surface area contributed by atoms with Crippen molar-refractivity contribution in [1.29, 1.82) is 0 Å². The zero-order valence-electron chi connectivity index (χ0n) is 6.21. The topological polar surface area (TPSA) is 40.1 Å². The molecule has 0 amide bonds. The fourth-order valence-corrected chi connectivity index (χ4v) is 2.08. The van der Waals surface area contributed by atoms with Crippen LogP contribution in [-0.4, -0.2) is 14.0 Å². The van der Waals surface area contributed by atoms with Crippen molar-refractivity contribution in [3.63, 3.8) is 0 Å². The molecule has 10 heavy (non-hydrogen) atoms. The lowest BCUT2D eigenvalue weighted by molar-refractivity contribution is 0.376. The molecule has 1 saturated carbocycles. The highest BCUT2D eigenvalue weighted by Crippen LogP contribution is 2.25. The largest absolute Gasteiger partial charge is 0.772 e. The van der Waals surface area contributed by atoms with Gasteiger partial charge in [-0.25, -0.2) is 0 Å². The fourth-order valence-electron chi connectivity index (χ4n) is 1.42. The third-order valence-electron chi connectivity index (χ3n) is 2.24. The van der Waals surface area contributed by atoms with Gasteiger partial charge in [0.2, 0.25) is 0 Å². The average molecular weight is 161 g/mol. The summed E-state index contributed by atoms with van der Waals surface area (Å²) in [7, 11) is 0. The minimum atomic E-state index is -1.82. The van der Waals surface area contributed by atoms with Gasteiger partial charge in [0.15, 0.2) is 0 Å². The van der Waals surface area contributed by atoms with Gasteiger partial charge in [-0.05, 0) is 31.6 Å². The Bertz CT molecular complexity index is 128. The van der Waals surface area contributed by atoms with E-state index in [-0.39, 0.29) is 5.25 Å². The molecule has 0 bridgehead atoms. The van der Waals surface area contributed by atoms with Crippen LogP contribution in [0, 0.1) is 5.92 Å². The highest BCUT2D eigenvalue weighted by molar-refractivity contribution is 7.79. The number of rotatable bonds is 1.